The number of fused-ring (bicyclic) bond motifs is 1. The maximum atomic E-state index is 8.98. The topological polar surface area (TPSA) is 76.4 Å². The summed E-state index contributed by atoms with van der Waals surface area (Å²) in [5.41, 5.74) is 6.44. The largest absolute Gasteiger partial charge is 0.395 e. The van der Waals surface area contributed by atoms with Gasteiger partial charge in [0.2, 0.25) is 0 Å². The first kappa shape index (κ1) is 10.3. The van der Waals surface area contributed by atoms with E-state index in [2.05, 4.69) is 9.97 Å². The molecule has 0 bridgehead atoms. The molecule has 0 spiro atoms. The van der Waals surface area contributed by atoms with Gasteiger partial charge < -0.3 is 15.2 Å². The van der Waals surface area contributed by atoms with Gasteiger partial charge in [-0.3, -0.25) is 0 Å². The molecule has 0 aliphatic heterocycles. The third kappa shape index (κ3) is 2.05. The van der Waals surface area contributed by atoms with E-state index in [4.69, 9.17) is 10.8 Å². The number of aliphatic hydroxyl groups excluding tert-OH is 1. The molecule has 2 heterocycles. The molecule has 2 rings (SSSR count). The third-order valence-corrected chi connectivity index (χ3v) is 2.98. The Morgan fingerprint density at radius 3 is 3.20 bits per heavy atom. The van der Waals surface area contributed by atoms with Crippen LogP contribution in [0.5, 0.6) is 0 Å². The molecule has 0 saturated carbocycles. The molecule has 2 aromatic heterocycles. The zero-order valence-electron chi connectivity index (χ0n) is 8.29. The summed E-state index contributed by atoms with van der Waals surface area (Å²) in [6.07, 6.45) is 5.24. The molecule has 5 nitrogen and oxygen atoms in total. The second-order valence-electron chi connectivity index (χ2n) is 3.24. The fourth-order valence-corrected chi connectivity index (χ4v) is 2.11. The zero-order chi connectivity index (χ0) is 10.8. The lowest BCUT2D eigenvalue weighted by molar-refractivity contribution is 0.300. The number of nitrogens with two attached hydrogens (primary N) is 1. The minimum atomic E-state index is 0.0831. The quantitative estimate of drug-likeness (QED) is 0.754. The summed E-state index contributed by atoms with van der Waals surface area (Å²) in [6.45, 7) is 2.03. The van der Waals surface area contributed by atoms with Crippen LogP contribution in [0, 0.1) is 0 Å². The first-order valence-corrected chi connectivity index (χ1v) is 5.45. The van der Waals surface area contributed by atoms with Crippen molar-refractivity contribution in [1.29, 1.82) is 0 Å². The Morgan fingerprint density at radius 2 is 2.47 bits per heavy atom. The van der Waals surface area contributed by atoms with E-state index in [9.17, 15) is 0 Å². The Kier molecular flexibility index (Phi) is 2.79. The molecule has 2 aromatic rings. The molecule has 80 valence electrons. The Bertz CT molecular complexity index is 470. The van der Waals surface area contributed by atoms with E-state index in [-0.39, 0.29) is 11.9 Å². The lowest BCUT2D eigenvalue weighted by Crippen LogP contribution is -2.04. The number of nitrogen functional groups attached to an aromatic ring is 1. The molecule has 3 N–H and O–H groups in total. The average molecular weight is 224 g/mol. The summed E-state index contributed by atoms with van der Waals surface area (Å²) >= 11 is 1.47. The fraction of sp³-hybridized carbons (Fsp3) is 0.333. The van der Waals surface area contributed by atoms with E-state index in [1.165, 1.54) is 11.8 Å². The van der Waals surface area contributed by atoms with Gasteiger partial charge in [0.15, 0.2) is 5.65 Å². The molecule has 1 unspecified atom stereocenters. The van der Waals surface area contributed by atoms with Crippen molar-refractivity contribution in [3.8, 4) is 0 Å². The highest BCUT2D eigenvalue weighted by Crippen LogP contribution is 2.25. The number of thioether (sulfide) groups is 1. The van der Waals surface area contributed by atoms with Crippen molar-refractivity contribution in [2.24, 2.45) is 0 Å². The third-order valence-electron chi connectivity index (χ3n) is 1.93. The number of hydrogen-bond donors (Lipinski definition) is 2. The average Bonchev–Trinajstić information content (AvgIpc) is 2.65. The first-order valence-electron chi connectivity index (χ1n) is 4.57. The predicted octanol–water partition coefficient (Wildman–Crippen LogP) is 0.784. The minimum absolute atomic E-state index is 0.0831. The van der Waals surface area contributed by atoms with Gasteiger partial charge in [-0.05, 0) is 0 Å². The molecule has 15 heavy (non-hydrogen) atoms. The molecule has 0 fully saturated rings. The summed E-state index contributed by atoms with van der Waals surface area (Å²) in [5, 5.41) is 9.82. The van der Waals surface area contributed by atoms with Crippen LogP contribution in [0.15, 0.2) is 23.6 Å². The number of aliphatic hydroxyl groups is 1. The number of imidazole rings is 1. The van der Waals surface area contributed by atoms with Gasteiger partial charge >= 0.3 is 0 Å². The summed E-state index contributed by atoms with van der Waals surface area (Å²) in [7, 11) is 0. The Labute approximate surface area is 91.3 Å². The Hall–Kier alpha value is -1.27. The van der Waals surface area contributed by atoms with E-state index < -0.39 is 0 Å². The van der Waals surface area contributed by atoms with E-state index in [0.717, 1.165) is 10.7 Å². The number of hydrogen-bond acceptors (Lipinski definition) is 5. The van der Waals surface area contributed by atoms with Crippen LogP contribution in [0.4, 0.5) is 5.82 Å². The number of aromatic nitrogens is 3. The lowest BCUT2D eigenvalue weighted by Gasteiger charge is -2.08. The highest BCUT2D eigenvalue weighted by Gasteiger charge is 2.10. The van der Waals surface area contributed by atoms with Crippen molar-refractivity contribution in [1.82, 2.24) is 14.4 Å². The molecule has 1 atom stereocenters. The number of rotatable bonds is 3. The van der Waals surface area contributed by atoms with E-state index in [1.807, 2.05) is 17.5 Å². The van der Waals surface area contributed by atoms with Gasteiger partial charge in [-0.2, -0.15) is 0 Å². The predicted molar refractivity (Wildman–Crippen MR) is 59.8 cm³/mol. The van der Waals surface area contributed by atoms with Crippen LogP contribution < -0.4 is 5.73 Å². The molecule has 0 aromatic carbocycles. The van der Waals surface area contributed by atoms with Crippen LogP contribution in [-0.2, 0) is 0 Å². The van der Waals surface area contributed by atoms with Crippen molar-refractivity contribution in [3.63, 3.8) is 0 Å². The SMILES string of the molecule is CC(CO)Sc1nc(N)cn2ccnc12. The van der Waals surface area contributed by atoms with Gasteiger partial charge in [0.05, 0.1) is 12.8 Å². The van der Waals surface area contributed by atoms with Gasteiger partial charge in [-0.25, -0.2) is 9.97 Å². The summed E-state index contributed by atoms with van der Waals surface area (Å²) in [5.74, 6) is 0.452. The lowest BCUT2D eigenvalue weighted by atomic mass is 10.5. The minimum Gasteiger partial charge on any atom is -0.395 e. The number of nitrogens with zero attached hydrogens (tertiary/aromatic N) is 3. The maximum absolute atomic E-state index is 8.98. The van der Waals surface area contributed by atoms with E-state index in [0.29, 0.717) is 5.82 Å². The van der Waals surface area contributed by atoms with Crippen molar-refractivity contribution in [2.75, 3.05) is 12.3 Å². The smallest absolute Gasteiger partial charge is 0.169 e. The monoisotopic (exact) mass is 224 g/mol. The van der Waals surface area contributed by atoms with Crippen LogP contribution >= 0.6 is 11.8 Å². The van der Waals surface area contributed by atoms with Gasteiger partial charge in [0.1, 0.15) is 10.8 Å². The second kappa shape index (κ2) is 4.08. The summed E-state index contributed by atoms with van der Waals surface area (Å²) in [6, 6.07) is 0. The Balaban J connectivity index is 2.44. The fourth-order valence-electron chi connectivity index (χ4n) is 1.23. The van der Waals surface area contributed by atoms with Gasteiger partial charge in [0, 0.05) is 17.6 Å². The van der Waals surface area contributed by atoms with Crippen molar-refractivity contribution >= 4 is 23.2 Å². The molecular weight excluding hydrogens is 212 g/mol. The van der Waals surface area contributed by atoms with Gasteiger partial charge in [-0.15, -0.1) is 0 Å². The molecule has 0 aliphatic rings. The molecule has 0 saturated heterocycles. The number of anilines is 1. The van der Waals surface area contributed by atoms with E-state index in [1.54, 1.807) is 12.4 Å². The van der Waals surface area contributed by atoms with Crippen LogP contribution in [0.2, 0.25) is 0 Å². The normalized spacial score (nSPS) is 13.2. The second-order valence-corrected chi connectivity index (χ2v) is 4.67. The van der Waals surface area contributed by atoms with Crippen LogP contribution in [-0.4, -0.2) is 31.3 Å². The molecule has 0 aliphatic carbocycles. The summed E-state index contributed by atoms with van der Waals surface area (Å²) < 4.78 is 1.83. The van der Waals surface area contributed by atoms with Crippen LogP contribution in [0.1, 0.15) is 6.92 Å². The van der Waals surface area contributed by atoms with Crippen molar-refractivity contribution in [2.45, 2.75) is 17.2 Å². The van der Waals surface area contributed by atoms with Crippen molar-refractivity contribution < 1.29 is 5.11 Å². The Morgan fingerprint density at radius 1 is 1.67 bits per heavy atom. The molecular formula is C9H12N4OS. The zero-order valence-corrected chi connectivity index (χ0v) is 9.11. The van der Waals surface area contributed by atoms with Crippen LogP contribution in [0.3, 0.4) is 0 Å². The molecule has 6 heteroatoms. The highest BCUT2D eigenvalue weighted by atomic mass is 32.2. The van der Waals surface area contributed by atoms with Crippen molar-refractivity contribution in [3.05, 3.63) is 18.6 Å². The molecule has 0 radical (unpaired) electrons. The van der Waals surface area contributed by atoms with Gasteiger partial charge in [0.25, 0.3) is 0 Å². The maximum Gasteiger partial charge on any atom is 0.169 e. The van der Waals surface area contributed by atoms with Crippen LogP contribution in [0.25, 0.3) is 5.65 Å². The van der Waals surface area contributed by atoms with E-state index >= 15 is 0 Å². The standard InChI is InChI=1S/C9H12N4OS/c1-6(5-14)15-9-8-11-2-3-13(8)4-7(10)12-9/h2-4,6,14H,5,10H2,1H3. The molecule has 0 amide bonds. The summed E-state index contributed by atoms with van der Waals surface area (Å²) in [4.78, 5) is 8.40. The highest BCUT2D eigenvalue weighted by molar-refractivity contribution is 8.00. The van der Waals surface area contributed by atoms with Gasteiger partial charge in [-0.1, -0.05) is 18.7 Å². The first-order chi connectivity index (χ1) is 7.20.